The third kappa shape index (κ3) is 2.07. The molecule has 1 aromatic rings. The first-order valence-corrected chi connectivity index (χ1v) is 7.18. The summed E-state index contributed by atoms with van der Waals surface area (Å²) >= 11 is 7.87. The molecule has 1 saturated heterocycles. The monoisotopic (exact) mass is 270 g/mol. The molecular formula is C11H15ClN4S. The molecule has 1 aromatic heterocycles. The maximum Gasteiger partial charge on any atom is 0.145 e. The van der Waals surface area contributed by atoms with Crippen molar-refractivity contribution in [1.82, 2.24) is 10.3 Å². The van der Waals surface area contributed by atoms with Crippen molar-refractivity contribution in [2.24, 2.45) is 0 Å². The topological polar surface area (TPSA) is 54.2 Å². The van der Waals surface area contributed by atoms with Gasteiger partial charge in [0.1, 0.15) is 11.6 Å². The summed E-state index contributed by atoms with van der Waals surface area (Å²) in [4.78, 5) is 8.02. The summed E-state index contributed by atoms with van der Waals surface area (Å²) in [6, 6.07) is 2.49. The molecule has 3 N–H and O–H groups in total. The van der Waals surface area contributed by atoms with Gasteiger partial charge in [0.25, 0.3) is 0 Å². The van der Waals surface area contributed by atoms with Crippen LogP contribution in [0.2, 0.25) is 5.02 Å². The largest absolute Gasteiger partial charge is 0.382 e. The molecule has 0 unspecified atom stereocenters. The SMILES string of the molecule is Nc1nc2c(cc1Cl)SCC[C@H]1CNCCN21. The number of piperazine rings is 1. The molecule has 17 heavy (non-hydrogen) atoms. The van der Waals surface area contributed by atoms with E-state index in [1.54, 1.807) is 0 Å². The van der Waals surface area contributed by atoms with Crippen LogP contribution in [0.25, 0.3) is 0 Å². The fraction of sp³-hybridized carbons (Fsp3) is 0.545. The zero-order chi connectivity index (χ0) is 11.8. The van der Waals surface area contributed by atoms with Gasteiger partial charge in [-0.3, -0.25) is 0 Å². The Balaban J connectivity index is 2.05. The van der Waals surface area contributed by atoms with Crippen molar-refractivity contribution in [1.29, 1.82) is 0 Å². The van der Waals surface area contributed by atoms with Gasteiger partial charge in [-0.2, -0.15) is 0 Å². The van der Waals surface area contributed by atoms with E-state index in [0.29, 0.717) is 16.9 Å². The smallest absolute Gasteiger partial charge is 0.145 e. The molecule has 3 heterocycles. The fourth-order valence-electron chi connectivity index (χ4n) is 2.39. The Labute approximate surface area is 110 Å². The van der Waals surface area contributed by atoms with E-state index in [0.717, 1.165) is 36.1 Å². The number of fused-ring (bicyclic) bond motifs is 3. The lowest BCUT2D eigenvalue weighted by atomic mass is 10.1. The summed E-state index contributed by atoms with van der Waals surface area (Å²) in [7, 11) is 0. The number of nitrogens with one attached hydrogen (secondary N) is 1. The van der Waals surface area contributed by atoms with Gasteiger partial charge < -0.3 is 16.0 Å². The summed E-state index contributed by atoms with van der Waals surface area (Å²) in [5.41, 5.74) is 5.82. The first-order valence-electron chi connectivity index (χ1n) is 5.82. The number of thioether (sulfide) groups is 1. The fourth-order valence-corrected chi connectivity index (χ4v) is 3.71. The van der Waals surface area contributed by atoms with Gasteiger partial charge in [-0.05, 0) is 12.5 Å². The van der Waals surface area contributed by atoms with Crippen molar-refractivity contribution < 1.29 is 0 Å². The number of pyridine rings is 1. The highest BCUT2D eigenvalue weighted by molar-refractivity contribution is 7.99. The summed E-state index contributed by atoms with van der Waals surface area (Å²) in [5, 5.41) is 3.99. The van der Waals surface area contributed by atoms with E-state index in [4.69, 9.17) is 17.3 Å². The van der Waals surface area contributed by atoms with Crippen LogP contribution in [0.3, 0.4) is 0 Å². The molecule has 0 bridgehead atoms. The van der Waals surface area contributed by atoms with Gasteiger partial charge in [-0.15, -0.1) is 11.8 Å². The molecule has 4 nitrogen and oxygen atoms in total. The van der Waals surface area contributed by atoms with Crippen molar-refractivity contribution >= 4 is 35.0 Å². The van der Waals surface area contributed by atoms with E-state index in [9.17, 15) is 0 Å². The number of nitrogens with zero attached hydrogens (tertiary/aromatic N) is 2. The lowest BCUT2D eigenvalue weighted by molar-refractivity contribution is 0.465. The molecular weight excluding hydrogens is 256 g/mol. The minimum atomic E-state index is 0.435. The zero-order valence-electron chi connectivity index (χ0n) is 9.45. The van der Waals surface area contributed by atoms with Crippen LogP contribution in [-0.4, -0.2) is 36.4 Å². The summed E-state index contributed by atoms with van der Waals surface area (Å²) < 4.78 is 0. The maximum absolute atomic E-state index is 6.04. The molecule has 3 rings (SSSR count). The summed E-state index contributed by atoms with van der Waals surface area (Å²) in [5.74, 6) is 2.56. The molecule has 92 valence electrons. The molecule has 1 atom stereocenters. The molecule has 2 aliphatic rings. The Morgan fingerprint density at radius 2 is 2.47 bits per heavy atom. The van der Waals surface area contributed by atoms with E-state index in [-0.39, 0.29) is 0 Å². The normalized spacial score (nSPS) is 23.8. The predicted octanol–water partition coefficient (Wildman–Crippen LogP) is 1.59. The average molecular weight is 271 g/mol. The molecule has 0 radical (unpaired) electrons. The van der Waals surface area contributed by atoms with Gasteiger partial charge in [0.05, 0.1) is 9.92 Å². The van der Waals surface area contributed by atoms with Crippen molar-refractivity contribution in [2.45, 2.75) is 17.4 Å². The highest BCUT2D eigenvalue weighted by Gasteiger charge is 2.28. The zero-order valence-corrected chi connectivity index (χ0v) is 11.0. The quantitative estimate of drug-likeness (QED) is 0.750. The van der Waals surface area contributed by atoms with Gasteiger partial charge in [0.15, 0.2) is 0 Å². The number of hydrogen-bond donors (Lipinski definition) is 2. The third-order valence-corrected chi connectivity index (χ3v) is 4.63. The van der Waals surface area contributed by atoms with Gasteiger partial charge in [-0.25, -0.2) is 4.98 Å². The van der Waals surface area contributed by atoms with Gasteiger partial charge in [-0.1, -0.05) is 11.6 Å². The van der Waals surface area contributed by atoms with E-state index in [2.05, 4.69) is 15.2 Å². The standard InChI is InChI=1S/C11H15ClN4S/c12-8-5-9-11(15-10(8)13)16-3-2-14-6-7(16)1-4-17-9/h5,7,14H,1-4,6H2,(H2,13,15)/t7-/m0/s1. The van der Waals surface area contributed by atoms with Crippen LogP contribution in [0.15, 0.2) is 11.0 Å². The Bertz CT molecular complexity index is 440. The van der Waals surface area contributed by atoms with Gasteiger partial charge >= 0.3 is 0 Å². The minimum absolute atomic E-state index is 0.435. The Hall–Kier alpha value is -0.650. The Morgan fingerprint density at radius 1 is 1.59 bits per heavy atom. The second kappa shape index (κ2) is 4.55. The number of halogens is 1. The van der Waals surface area contributed by atoms with Crippen LogP contribution in [0.4, 0.5) is 11.6 Å². The number of aromatic nitrogens is 1. The highest BCUT2D eigenvalue weighted by atomic mass is 35.5. The first-order chi connectivity index (χ1) is 8.25. The summed E-state index contributed by atoms with van der Waals surface area (Å²) in [6.07, 6.45) is 1.17. The number of nitrogens with two attached hydrogens (primary N) is 1. The van der Waals surface area contributed by atoms with Crippen molar-refractivity contribution in [3.63, 3.8) is 0 Å². The number of rotatable bonds is 0. The molecule has 2 aliphatic heterocycles. The average Bonchev–Trinajstić information content (AvgIpc) is 2.50. The van der Waals surface area contributed by atoms with E-state index < -0.39 is 0 Å². The molecule has 0 aromatic carbocycles. The first kappa shape index (κ1) is 11.4. The van der Waals surface area contributed by atoms with Crippen LogP contribution in [-0.2, 0) is 0 Å². The minimum Gasteiger partial charge on any atom is -0.382 e. The van der Waals surface area contributed by atoms with Crippen molar-refractivity contribution in [2.75, 3.05) is 36.0 Å². The second-order valence-corrected chi connectivity index (χ2v) is 5.91. The molecule has 6 heteroatoms. The van der Waals surface area contributed by atoms with Crippen LogP contribution >= 0.6 is 23.4 Å². The maximum atomic E-state index is 6.04. The summed E-state index contributed by atoms with van der Waals surface area (Å²) in [6.45, 7) is 3.03. The van der Waals surface area contributed by atoms with Crippen LogP contribution in [0.5, 0.6) is 0 Å². The molecule has 0 spiro atoms. The van der Waals surface area contributed by atoms with Gasteiger partial charge in [0.2, 0.25) is 0 Å². The van der Waals surface area contributed by atoms with Crippen LogP contribution in [0.1, 0.15) is 6.42 Å². The van der Waals surface area contributed by atoms with Crippen LogP contribution in [0, 0.1) is 0 Å². The number of hydrogen-bond acceptors (Lipinski definition) is 5. The second-order valence-electron chi connectivity index (χ2n) is 4.37. The van der Waals surface area contributed by atoms with Crippen LogP contribution < -0.4 is 16.0 Å². The van der Waals surface area contributed by atoms with E-state index in [1.807, 2.05) is 17.8 Å². The van der Waals surface area contributed by atoms with E-state index >= 15 is 0 Å². The molecule has 0 aliphatic carbocycles. The highest BCUT2D eigenvalue weighted by Crippen LogP contribution is 2.38. The van der Waals surface area contributed by atoms with E-state index in [1.165, 1.54) is 6.42 Å². The number of nitrogen functional groups attached to an aromatic ring is 1. The Morgan fingerprint density at radius 3 is 3.35 bits per heavy atom. The van der Waals surface area contributed by atoms with Crippen molar-refractivity contribution in [3.05, 3.63) is 11.1 Å². The van der Waals surface area contributed by atoms with Crippen molar-refractivity contribution in [3.8, 4) is 0 Å². The molecule has 0 saturated carbocycles. The lowest BCUT2D eigenvalue weighted by Gasteiger charge is -2.36. The molecule has 1 fully saturated rings. The van der Waals surface area contributed by atoms with Gasteiger partial charge in [0, 0.05) is 31.4 Å². The molecule has 0 amide bonds. The third-order valence-electron chi connectivity index (χ3n) is 3.28. The predicted molar refractivity (Wildman–Crippen MR) is 73.0 cm³/mol. The number of anilines is 2. The Kier molecular flexibility index (Phi) is 3.06. The lowest BCUT2D eigenvalue weighted by Crippen LogP contribution is -2.51.